The summed E-state index contributed by atoms with van der Waals surface area (Å²) in [5.74, 6) is 1.30. The smallest absolute Gasteiger partial charge is 0.302 e. The van der Waals surface area contributed by atoms with Crippen molar-refractivity contribution in [2.45, 2.75) is 151 Å². The number of carbonyl (C=O) groups is 2. The summed E-state index contributed by atoms with van der Waals surface area (Å²) in [5.41, 5.74) is 0.143. The van der Waals surface area contributed by atoms with Gasteiger partial charge in [-0.15, -0.1) is 0 Å². The lowest BCUT2D eigenvalue weighted by atomic mass is 9.31. The average molecular weight is 556 g/mol. The third-order valence-electron chi connectivity index (χ3n) is 16.5. The molecule has 2 saturated heterocycles. The molecule has 0 aromatic heterocycles. The lowest BCUT2D eigenvalue weighted by molar-refractivity contribution is -0.259. The summed E-state index contributed by atoms with van der Waals surface area (Å²) in [7, 11) is 0. The first-order valence-electron chi connectivity index (χ1n) is 16.5. The van der Waals surface area contributed by atoms with Gasteiger partial charge >= 0.3 is 5.97 Å². The van der Waals surface area contributed by atoms with Gasteiger partial charge in [-0.1, -0.05) is 55.4 Å². The quantitative estimate of drug-likeness (QED) is 0.258. The van der Waals surface area contributed by atoms with Gasteiger partial charge in [-0.05, 0) is 110 Å². The molecule has 4 aliphatic carbocycles. The number of ether oxygens (including phenoxy) is 2. The summed E-state index contributed by atoms with van der Waals surface area (Å²) in [6.07, 6.45) is 12.3. The molecule has 12 atom stereocenters. The van der Waals surface area contributed by atoms with Gasteiger partial charge in [-0.25, -0.2) is 0 Å². The number of carbonyl (C=O) groups excluding carboxylic acids is 2. The molecular weight excluding hydrogens is 498 g/mol. The summed E-state index contributed by atoms with van der Waals surface area (Å²) in [5, 5.41) is 0. The highest BCUT2D eigenvalue weighted by molar-refractivity contribution is 5.66. The van der Waals surface area contributed by atoms with Crippen LogP contribution in [-0.4, -0.2) is 41.3 Å². The van der Waals surface area contributed by atoms with Gasteiger partial charge in [0, 0.05) is 24.8 Å². The molecule has 6 fully saturated rings. The molecule has 0 bridgehead atoms. The number of esters is 1. The molecule has 40 heavy (non-hydrogen) atoms. The number of nitrogens with zero attached hydrogens (tertiary/aromatic N) is 1. The molecule has 0 radical (unpaired) electrons. The molecule has 1 amide bonds. The number of likely N-dealkylation sites (tertiary alicyclic amines) is 1. The second kappa shape index (κ2) is 8.29. The molecule has 0 unspecified atom stereocenters. The van der Waals surface area contributed by atoms with Gasteiger partial charge < -0.3 is 14.4 Å². The van der Waals surface area contributed by atoms with Crippen molar-refractivity contribution in [3.63, 3.8) is 0 Å². The SMILES string of the molecule is CC(=O)O[C@@H]1CC[C@@]2(C)[C@@](C)(CC[C@@H]3[C@]2(C)CC[C@]2(C)[C@@]4(C)[C@H](C)[C@]5(CC[C@H](C)CN5C=O)O[C@@]4(C)C[C@@]32C)C1. The summed E-state index contributed by atoms with van der Waals surface area (Å²) in [6.45, 7) is 25.1. The van der Waals surface area contributed by atoms with Crippen molar-refractivity contribution in [3.8, 4) is 0 Å². The number of hydrogen-bond acceptors (Lipinski definition) is 4. The fourth-order valence-electron chi connectivity index (χ4n) is 13.6. The predicted molar refractivity (Wildman–Crippen MR) is 157 cm³/mol. The normalized spacial score (nSPS) is 59.0. The van der Waals surface area contributed by atoms with Crippen LogP contribution in [0.4, 0.5) is 0 Å². The van der Waals surface area contributed by atoms with Crippen LogP contribution in [0.1, 0.15) is 133 Å². The van der Waals surface area contributed by atoms with Crippen LogP contribution < -0.4 is 0 Å². The van der Waals surface area contributed by atoms with Crippen LogP contribution in [0.5, 0.6) is 0 Å². The largest absolute Gasteiger partial charge is 0.463 e. The zero-order valence-corrected chi connectivity index (χ0v) is 27.2. The maximum absolute atomic E-state index is 12.5. The molecule has 2 aliphatic heterocycles. The van der Waals surface area contributed by atoms with Gasteiger partial charge in [0.15, 0.2) is 0 Å². The molecule has 1 spiro atoms. The van der Waals surface area contributed by atoms with Crippen molar-refractivity contribution in [1.82, 2.24) is 4.90 Å². The Morgan fingerprint density at radius 3 is 2.23 bits per heavy atom. The van der Waals surface area contributed by atoms with E-state index in [1.54, 1.807) is 6.92 Å². The van der Waals surface area contributed by atoms with E-state index in [0.29, 0.717) is 11.8 Å². The van der Waals surface area contributed by atoms with E-state index in [9.17, 15) is 9.59 Å². The third kappa shape index (κ3) is 3.00. The lowest BCUT2D eigenvalue weighted by Gasteiger charge is -2.73. The van der Waals surface area contributed by atoms with Crippen LogP contribution in [0.3, 0.4) is 0 Å². The van der Waals surface area contributed by atoms with Crippen molar-refractivity contribution in [2.75, 3.05) is 6.54 Å². The topological polar surface area (TPSA) is 55.8 Å². The molecular formula is C35H57NO4. The monoisotopic (exact) mass is 555 g/mol. The molecule has 6 rings (SSSR count). The second-order valence-electron chi connectivity index (χ2n) is 17.3. The molecule has 5 heteroatoms. The number of hydrogen-bond donors (Lipinski definition) is 0. The van der Waals surface area contributed by atoms with E-state index >= 15 is 0 Å². The standard InChI is InChI=1S/C35H57NO4/c1-23-11-16-35(36(20-23)22-37)24(2)34(10)32(8)18-17-29(5)27(30(32,6)21-33(34,9)40-35)13-14-28(4)19-26(39-25(3)38)12-15-31(28,29)7/h22-24,26-27H,11-21H2,1-10H3/t23-,24-,26+,27+,28-,29-,30-,31-,32-,33-,34+,35-/m0/s1. The Bertz CT molecular complexity index is 1110. The first-order valence-corrected chi connectivity index (χ1v) is 16.5. The number of amides is 1. The molecule has 6 aliphatic rings. The summed E-state index contributed by atoms with van der Waals surface area (Å²) >= 11 is 0. The van der Waals surface area contributed by atoms with Crippen molar-refractivity contribution in [1.29, 1.82) is 0 Å². The first kappa shape index (κ1) is 29.0. The summed E-state index contributed by atoms with van der Waals surface area (Å²) in [4.78, 5) is 26.4. The van der Waals surface area contributed by atoms with E-state index < -0.39 is 5.72 Å². The van der Waals surface area contributed by atoms with Crippen molar-refractivity contribution < 1.29 is 19.1 Å². The van der Waals surface area contributed by atoms with E-state index in [0.717, 1.165) is 51.5 Å². The highest BCUT2D eigenvalue weighted by Crippen LogP contribution is 2.86. The van der Waals surface area contributed by atoms with E-state index in [2.05, 4.69) is 67.2 Å². The molecule has 2 heterocycles. The fraction of sp³-hybridized carbons (Fsp3) is 0.943. The Kier molecular flexibility index (Phi) is 6.01. The number of fused-ring (bicyclic) bond motifs is 7. The van der Waals surface area contributed by atoms with Gasteiger partial charge in [0.2, 0.25) is 6.41 Å². The molecule has 0 aromatic rings. The first-order chi connectivity index (χ1) is 18.4. The van der Waals surface area contributed by atoms with Gasteiger partial charge in [-0.3, -0.25) is 9.59 Å². The maximum Gasteiger partial charge on any atom is 0.302 e. The van der Waals surface area contributed by atoms with Crippen molar-refractivity contribution in [3.05, 3.63) is 0 Å². The van der Waals surface area contributed by atoms with Gasteiger partial charge in [0.05, 0.1) is 5.60 Å². The van der Waals surface area contributed by atoms with Gasteiger partial charge in [0.25, 0.3) is 0 Å². The Balaban J connectivity index is 1.39. The zero-order chi connectivity index (χ0) is 29.4. The number of piperidine rings is 1. The fourth-order valence-corrected chi connectivity index (χ4v) is 13.6. The van der Waals surface area contributed by atoms with Crippen LogP contribution in [0, 0.1) is 50.2 Å². The van der Waals surface area contributed by atoms with E-state index in [-0.39, 0.29) is 56.1 Å². The van der Waals surface area contributed by atoms with Gasteiger partial charge in [0.1, 0.15) is 11.8 Å². The van der Waals surface area contributed by atoms with Crippen molar-refractivity contribution >= 4 is 12.4 Å². The highest BCUT2D eigenvalue weighted by Gasteiger charge is 2.84. The average Bonchev–Trinajstić information content (AvgIpc) is 3.12. The maximum atomic E-state index is 12.5. The second-order valence-corrected chi connectivity index (χ2v) is 17.3. The van der Waals surface area contributed by atoms with Gasteiger partial charge in [-0.2, -0.15) is 0 Å². The number of rotatable bonds is 2. The highest BCUT2D eigenvalue weighted by atomic mass is 16.6. The lowest BCUT2D eigenvalue weighted by Crippen LogP contribution is -2.67. The van der Waals surface area contributed by atoms with Crippen LogP contribution in [0.2, 0.25) is 0 Å². The van der Waals surface area contributed by atoms with Crippen LogP contribution in [0.25, 0.3) is 0 Å². The molecule has 226 valence electrons. The van der Waals surface area contributed by atoms with Crippen LogP contribution >= 0.6 is 0 Å². The molecule has 4 saturated carbocycles. The minimum atomic E-state index is -0.477. The van der Waals surface area contributed by atoms with E-state index in [1.165, 1.54) is 25.7 Å². The third-order valence-corrected chi connectivity index (χ3v) is 16.5. The minimum absolute atomic E-state index is 0.0213. The van der Waals surface area contributed by atoms with E-state index in [1.807, 2.05) is 0 Å². The summed E-state index contributed by atoms with van der Waals surface area (Å²) in [6, 6.07) is 0. The predicted octanol–water partition coefficient (Wildman–Crippen LogP) is 7.76. The Labute approximate surface area is 243 Å². The zero-order valence-electron chi connectivity index (χ0n) is 27.2. The molecule has 0 N–H and O–H groups in total. The van der Waals surface area contributed by atoms with E-state index in [4.69, 9.17) is 9.47 Å². The summed E-state index contributed by atoms with van der Waals surface area (Å²) < 4.78 is 13.3. The molecule has 5 nitrogen and oxygen atoms in total. The Morgan fingerprint density at radius 1 is 0.875 bits per heavy atom. The van der Waals surface area contributed by atoms with Crippen LogP contribution in [0.15, 0.2) is 0 Å². The Morgan fingerprint density at radius 2 is 1.57 bits per heavy atom. The minimum Gasteiger partial charge on any atom is -0.463 e. The Hall–Kier alpha value is -1.10. The van der Waals surface area contributed by atoms with Crippen LogP contribution in [-0.2, 0) is 19.1 Å². The molecule has 0 aromatic carbocycles. The van der Waals surface area contributed by atoms with Crippen molar-refractivity contribution in [2.24, 2.45) is 50.2 Å².